The number of halogens is 3. The Morgan fingerprint density at radius 1 is 1.62 bits per heavy atom. The van der Waals surface area contributed by atoms with Crippen LogP contribution in [0.4, 0.5) is 14.5 Å². The fraction of sp³-hybridized carbons (Fsp3) is 0.143. The average molecular weight is 204 g/mol. The monoisotopic (exact) mass is 203 g/mol. The van der Waals surface area contributed by atoms with Gasteiger partial charge in [0.05, 0.1) is 16.8 Å². The van der Waals surface area contributed by atoms with Crippen LogP contribution in [0, 0.1) is 11.3 Å². The number of nitrogens with two attached hydrogens (primary N) is 1. The third-order valence-corrected chi connectivity index (χ3v) is 1.75. The molecule has 0 unspecified atom stereocenters. The second-order valence-corrected chi connectivity index (χ2v) is 2.56. The Kier molecular flexibility index (Phi) is 2.63. The fourth-order valence-corrected chi connectivity index (χ4v) is 1.05. The zero-order valence-corrected chi connectivity index (χ0v) is 7.02. The Morgan fingerprint density at radius 3 is 2.69 bits per heavy atom. The minimum absolute atomic E-state index is 0.0975. The van der Waals surface area contributed by atoms with Crippen molar-refractivity contribution < 1.29 is 8.78 Å². The molecular formula is C7H4ClF2N3. The summed E-state index contributed by atoms with van der Waals surface area (Å²) in [6.45, 7) is 0. The molecule has 0 bridgehead atoms. The number of rotatable bonds is 1. The number of alkyl halides is 2. The quantitative estimate of drug-likeness (QED) is 0.711. The molecule has 68 valence electrons. The summed E-state index contributed by atoms with van der Waals surface area (Å²) in [4.78, 5) is 3.41. The second kappa shape index (κ2) is 3.54. The molecule has 0 radical (unpaired) electrons. The van der Waals surface area contributed by atoms with Gasteiger partial charge in [-0.2, -0.15) is 5.26 Å². The minimum atomic E-state index is -2.83. The van der Waals surface area contributed by atoms with Gasteiger partial charge in [0.25, 0.3) is 6.43 Å². The number of anilines is 1. The lowest BCUT2D eigenvalue weighted by atomic mass is 10.1. The maximum absolute atomic E-state index is 12.3. The first-order chi connectivity index (χ1) is 6.07. The SMILES string of the molecule is N#Cc1cnc(Cl)c(C(F)F)c1N. The van der Waals surface area contributed by atoms with E-state index in [0.29, 0.717) is 0 Å². The molecule has 1 aromatic heterocycles. The highest BCUT2D eigenvalue weighted by Crippen LogP contribution is 2.32. The van der Waals surface area contributed by atoms with Gasteiger partial charge in [0.2, 0.25) is 0 Å². The van der Waals surface area contributed by atoms with Gasteiger partial charge in [0, 0.05) is 6.20 Å². The summed E-state index contributed by atoms with van der Waals surface area (Å²) in [5, 5.41) is 8.09. The molecule has 1 heterocycles. The molecule has 0 amide bonds. The number of pyridine rings is 1. The standard InChI is InChI=1S/C7H4ClF2N3/c8-6-4(7(9)10)5(12)3(1-11)2-13-6/h2,7H,(H2,12,13). The summed E-state index contributed by atoms with van der Waals surface area (Å²) in [7, 11) is 0. The van der Waals surface area contributed by atoms with Crippen molar-refractivity contribution in [2.24, 2.45) is 0 Å². The second-order valence-electron chi connectivity index (χ2n) is 2.20. The predicted molar refractivity (Wildman–Crippen MR) is 43.3 cm³/mol. The maximum Gasteiger partial charge on any atom is 0.268 e. The first-order valence-electron chi connectivity index (χ1n) is 3.20. The van der Waals surface area contributed by atoms with Gasteiger partial charge in [-0.3, -0.25) is 0 Å². The van der Waals surface area contributed by atoms with E-state index < -0.39 is 12.0 Å². The van der Waals surface area contributed by atoms with Crippen LogP contribution in [-0.2, 0) is 0 Å². The Morgan fingerprint density at radius 2 is 2.23 bits per heavy atom. The molecule has 0 fully saturated rings. The molecule has 0 aromatic carbocycles. The summed E-state index contributed by atoms with van der Waals surface area (Å²) in [6.07, 6.45) is -1.77. The van der Waals surface area contributed by atoms with Crippen LogP contribution in [0.3, 0.4) is 0 Å². The van der Waals surface area contributed by atoms with E-state index in [-0.39, 0.29) is 16.4 Å². The normalized spacial score (nSPS) is 10.1. The molecule has 0 spiro atoms. The number of hydrogen-bond donors (Lipinski definition) is 1. The third kappa shape index (κ3) is 1.68. The van der Waals surface area contributed by atoms with Gasteiger partial charge in [-0.15, -0.1) is 0 Å². The summed E-state index contributed by atoms with van der Waals surface area (Å²) in [5.41, 5.74) is 4.28. The highest BCUT2D eigenvalue weighted by Gasteiger charge is 2.19. The van der Waals surface area contributed by atoms with Crippen LogP contribution in [0.5, 0.6) is 0 Å². The van der Waals surface area contributed by atoms with E-state index in [1.165, 1.54) is 0 Å². The van der Waals surface area contributed by atoms with Crippen LogP contribution < -0.4 is 5.73 Å². The summed E-state index contributed by atoms with van der Waals surface area (Å²) in [5.74, 6) is 0. The van der Waals surface area contributed by atoms with E-state index in [0.717, 1.165) is 6.20 Å². The summed E-state index contributed by atoms with van der Waals surface area (Å²) >= 11 is 5.37. The molecule has 6 heteroatoms. The Hall–Kier alpha value is -1.41. The smallest absolute Gasteiger partial charge is 0.268 e. The molecule has 0 aliphatic carbocycles. The number of nitrogen functional groups attached to an aromatic ring is 1. The van der Waals surface area contributed by atoms with Gasteiger partial charge in [-0.05, 0) is 0 Å². The Bertz CT molecular complexity index is 373. The van der Waals surface area contributed by atoms with Crippen LogP contribution in [-0.4, -0.2) is 4.98 Å². The maximum atomic E-state index is 12.3. The van der Waals surface area contributed by atoms with E-state index in [1.54, 1.807) is 6.07 Å². The van der Waals surface area contributed by atoms with E-state index in [1.807, 2.05) is 0 Å². The summed E-state index contributed by atoms with van der Waals surface area (Å²) in [6, 6.07) is 1.64. The van der Waals surface area contributed by atoms with Gasteiger partial charge in [-0.25, -0.2) is 13.8 Å². The molecule has 0 atom stereocenters. The van der Waals surface area contributed by atoms with Gasteiger partial charge < -0.3 is 5.73 Å². The van der Waals surface area contributed by atoms with Gasteiger partial charge in [-0.1, -0.05) is 11.6 Å². The van der Waals surface area contributed by atoms with Crippen molar-refractivity contribution >= 4 is 17.3 Å². The lowest BCUT2D eigenvalue weighted by molar-refractivity contribution is 0.152. The molecule has 1 aromatic rings. The van der Waals surface area contributed by atoms with Crippen molar-refractivity contribution in [3.63, 3.8) is 0 Å². The number of aromatic nitrogens is 1. The van der Waals surface area contributed by atoms with Crippen molar-refractivity contribution in [1.82, 2.24) is 4.98 Å². The average Bonchev–Trinajstić information content (AvgIpc) is 2.04. The zero-order chi connectivity index (χ0) is 10.0. The van der Waals surface area contributed by atoms with E-state index in [2.05, 4.69) is 4.98 Å². The van der Waals surface area contributed by atoms with Crippen LogP contribution in [0.15, 0.2) is 6.20 Å². The molecule has 0 aliphatic rings. The topological polar surface area (TPSA) is 62.7 Å². The van der Waals surface area contributed by atoms with Crippen molar-refractivity contribution in [2.75, 3.05) is 5.73 Å². The lowest BCUT2D eigenvalue weighted by Crippen LogP contribution is -2.01. The first-order valence-corrected chi connectivity index (χ1v) is 3.57. The number of nitriles is 1. The molecular weight excluding hydrogens is 200 g/mol. The van der Waals surface area contributed by atoms with Gasteiger partial charge >= 0.3 is 0 Å². The van der Waals surface area contributed by atoms with Crippen molar-refractivity contribution in [3.05, 3.63) is 22.5 Å². The molecule has 3 nitrogen and oxygen atoms in total. The Balaban J connectivity index is 3.41. The molecule has 0 aliphatic heterocycles. The van der Waals surface area contributed by atoms with Crippen molar-refractivity contribution in [3.8, 4) is 6.07 Å². The highest BCUT2D eigenvalue weighted by molar-refractivity contribution is 6.30. The highest BCUT2D eigenvalue weighted by atomic mass is 35.5. The van der Waals surface area contributed by atoms with Crippen LogP contribution in [0.2, 0.25) is 5.15 Å². The van der Waals surface area contributed by atoms with E-state index in [9.17, 15) is 8.78 Å². The lowest BCUT2D eigenvalue weighted by Gasteiger charge is -2.06. The van der Waals surface area contributed by atoms with Crippen LogP contribution in [0.25, 0.3) is 0 Å². The molecule has 0 saturated heterocycles. The van der Waals surface area contributed by atoms with Crippen molar-refractivity contribution in [2.45, 2.75) is 6.43 Å². The number of hydrogen-bond acceptors (Lipinski definition) is 3. The van der Waals surface area contributed by atoms with E-state index in [4.69, 9.17) is 22.6 Å². The first kappa shape index (κ1) is 9.68. The summed E-state index contributed by atoms with van der Waals surface area (Å²) < 4.78 is 24.6. The molecule has 1 rings (SSSR count). The molecule has 0 saturated carbocycles. The van der Waals surface area contributed by atoms with Crippen molar-refractivity contribution in [1.29, 1.82) is 5.26 Å². The largest absolute Gasteiger partial charge is 0.397 e. The van der Waals surface area contributed by atoms with E-state index >= 15 is 0 Å². The number of nitrogens with zero attached hydrogens (tertiary/aromatic N) is 2. The zero-order valence-electron chi connectivity index (χ0n) is 6.26. The van der Waals surface area contributed by atoms with Gasteiger partial charge in [0.15, 0.2) is 0 Å². The fourth-order valence-electron chi connectivity index (χ4n) is 0.813. The predicted octanol–water partition coefficient (Wildman–Crippen LogP) is 2.13. The minimum Gasteiger partial charge on any atom is -0.397 e. The van der Waals surface area contributed by atoms with Crippen LogP contribution >= 0.6 is 11.6 Å². The Labute approximate surface area is 77.7 Å². The molecule has 13 heavy (non-hydrogen) atoms. The van der Waals surface area contributed by atoms with Crippen LogP contribution in [0.1, 0.15) is 17.6 Å². The molecule has 2 N–H and O–H groups in total. The third-order valence-electron chi connectivity index (χ3n) is 1.45. The van der Waals surface area contributed by atoms with Gasteiger partial charge in [0.1, 0.15) is 11.2 Å².